The number of carbonyl (C=O) groups excluding carboxylic acids is 2. The highest BCUT2D eigenvalue weighted by Gasteiger charge is 2.35. The molecule has 0 bridgehead atoms. The summed E-state index contributed by atoms with van der Waals surface area (Å²) in [5.41, 5.74) is 3.32. The van der Waals surface area contributed by atoms with Gasteiger partial charge in [-0.2, -0.15) is 0 Å². The maximum Gasteiger partial charge on any atom is 0.414 e. The van der Waals surface area contributed by atoms with Crippen molar-refractivity contribution in [1.82, 2.24) is 10.2 Å². The molecule has 2 saturated heterocycles. The minimum atomic E-state index is -0.310. The van der Waals surface area contributed by atoms with Gasteiger partial charge in [0.25, 0.3) is 5.91 Å². The molecule has 3 heterocycles. The third-order valence-corrected chi connectivity index (χ3v) is 7.29. The Kier molecular flexibility index (Phi) is 8.26. The van der Waals surface area contributed by atoms with Crippen LogP contribution in [0.5, 0.6) is 11.5 Å². The molecule has 0 aliphatic carbocycles. The molecule has 2 aromatic rings. The lowest BCUT2D eigenvalue weighted by molar-refractivity contribution is 0.0705. The molecule has 5 rings (SSSR count). The Bertz CT molecular complexity index is 1100. The van der Waals surface area contributed by atoms with Crippen LogP contribution in [0.2, 0.25) is 0 Å². The molecule has 3 aliphatic rings. The summed E-state index contributed by atoms with van der Waals surface area (Å²) in [5.74, 6) is 1.28. The molecule has 194 valence electrons. The van der Waals surface area contributed by atoms with E-state index in [0.717, 1.165) is 48.5 Å². The fraction of sp³-hybridized carbons (Fsp3) is 0.481. The van der Waals surface area contributed by atoms with Crippen LogP contribution in [0.25, 0.3) is 0 Å². The number of methoxy groups -OCH3 is 1. The van der Waals surface area contributed by atoms with E-state index in [0.29, 0.717) is 43.9 Å². The van der Waals surface area contributed by atoms with Crippen LogP contribution in [0.4, 0.5) is 10.5 Å². The van der Waals surface area contributed by atoms with Gasteiger partial charge < -0.3 is 24.4 Å². The summed E-state index contributed by atoms with van der Waals surface area (Å²) in [6.45, 7) is 5.27. The second-order valence-corrected chi connectivity index (χ2v) is 9.41. The van der Waals surface area contributed by atoms with Crippen LogP contribution in [0.1, 0.15) is 47.2 Å². The molecule has 2 fully saturated rings. The highest BCUT2D eigenvalue weighted by atomic mass is 35.5. The number of nitrogens with zero attached hydrogens (tertiary/aromatic N) is 2. The summed E-state index contributed by atoms with van der Waals surface area (Å²) in [7, 11) is 1.60. The lowest BCUT2D eigenvalue weighted by atomic mass is 9.99. The fourth-order valence-electron chi connectivity index (χ4n) is 5.34. The summed E-state index contributed by atoms with van der Waals surface area (Å²) in [6.07, 6.45) is 3.17. The van der Waals surface area contributed by atoms with Crippen molar-refractivity contribution >= 4 is 30.1 Å². The zero-order valence-electron chi connectivity index (χ0n) is 20.8. The second-order valence-electron chi connectivity index (χ2n) is 9.41. The number of piperidine rings is 2. The quantitative estimate of drug-likeness (QED) is 0.639. The smallest absolute Gasteiger partial charge is 0.414 e. The molecule has 0 radical (unpaired) electrons. The van der Waals surface area contributed by atoms with Gasteiger partial charge in [-0.05, 0) is 63.9 Å². The Balaban J connectivity index is 0.00000304. The van der Waals surface area contributed by atoms with Crippen LogP contribution >= 0.6 is 12.4 Å². The molecular weight excluding hydrogens is 482 g/mol. The van der Waals surface area contributed by atoms with Gasteiger partial charge >= 0.3 is 6.09 Å². The van der Waals surface area contributed by atoms with E-state index in [1.807, 2.05) is 48.2 Å². The Morgan fingerprint density at radius 3 is 2.50 bits per heavy atom. The van der Waals surface area contributed by atoms with E-state index in [1.54, 1.807) is 12.0 Å². The molecule has 8 nitrogen and oxygen atoms in total. The number of rotatable bonds is 5. The second kappa shape index (κ2) is 11.4. The van der Waals surface area contributed by atoms with Crippen molar-refractivity contribution in [1.29, 1.82) is 0 Å². The lowest BCUT2D eigenvalue weighted by Gasteiger charge is -2.40. The minimum absolute atomic E-state index is 0. The molecule has 0 saturated carbocycles. The van der Waals surface area contributed by atoms with Crippen molar-refractivity contribution in [2.45, 2.75) is 51.4 Å². The van der Waals surface area contributed by atoms with Crippen LogP contribution in [0, 0.1) is 6.92 Å². The van der Waals surface area contributed by atoms with Crippen LogP contribution in [-0.2, 0) is 11.3 Å². The highest BCUT2D eigenvalue weighted by Crippen LogP contribution is 2.35. The molecular formula is C27H34ClN3O5. The number of benzene rings is 2. The maximum absolute atomic E-state index is 13.5. The van der Waals surface area contributed by atoms with Crippen LogP contribution < -0.4 is 19.7 Å². The fourth-order valence-corrected chi connectivity index (χ4v) is 5.34. The Labute approximate surface area is 218 Å². The molecule has 0 aromatic heterocycles. The first kappa shape index (κ1) is 26.1. The first-order chi connectivity index (χ1) is 17.1. The first-order valence-electron chi connectivity index (χ1n) is 12.4. The summed E-state index contributed by atoms with van der Waals surface area (Å²) < 4.78 is 17.3. The zero-order chi connectivity index (χ0) is 24.4. The van der Waals surface area contributed by atoms with Crippen molar-refractivity contribution in [3.8, 4) is 11.5 Å². The van der Waals surface area contributed by atoms with E-state index >= 15 is 0 Å². The number of halogens is 1. The Morgan fingerprint density at radius 1 is 1.06 bits per heavy atom. The topological polar surface area (TPSA) is 80.3 Å². The van der Waals surface area contributed by atoms with Crippen LogP contribution in [-0.4, -0.2) is 62.3 Å². The van der Waals surface area contributed by atoms with Gasteiger partial charge in [0.15, 0.2) is 0 Å². The number of anilines is 1. The molecule has 2 amide bonds. The number of fused-ring (bicyclic) bond motifs is 1. The molecule has 1 N–H and O–H groups in total. The molecule has 0 spiro atoms. The molecule has 3 aliphatic heterocycles. The van der Waals surface area contributed by atoms with E-state index in [1.165, 1.54) is 0 Å². The minimum Gasteiger partial charge on any atom is -0.495 e. The number of nitrogens with one attached hydrogen (secondary N) is 1. The van der Waals surface area contributed by atoms with E-state index in [-0.39, 0.29) is 36.6 Å². The number of carbonyl (C=O) groups is 2. The van der Waals surface area contributed by atoms with Gasteiger partial charge in [-0.15, -0.1) is 12.4 Å². The van der Waals surface area contributed by atoms with Gasteiger partial charge in [-0.1, -0.05) is 18.2 Å². The largest absolute Gasteiger partial charge is 0.495 e. The number of hydrogen-bond acceptors (Lipinski definition) is 6. The van der Waals surface area contributed by atoms with Gasteiger partial charge in [-0.25, -0.2) is 4.79 Å². The summed E-state index contributed by atoms with van der Waals surface area (Å²) >= 11 is 0. The number of hydrogen-bond donors (Lipinski definition) is 1. The van der Waals surface area contributed by atoms with E-state index in [4.69, 9.17) is 14.2 Å². The monoisotopic (exact) mass is 515 g/mol. The van der Waals surface area contributed by atoms with Crippen molar-refractivity contribution in [2.75, 3.05) is 38.2 Å². The summed E-state index contributed by atoms with van der Waals surface area (Å²) in [5, 5.41) is 3.35. The van der Waals surface area contributed by atoms with Crippen molar-refractivity contribution in [3.05, 3.63) is 53.1 Å². The maximum atomic E-state index is 13.5. The van der Waals surface area contributed by atoms with Gasteiger partial charge in [0.05, 0.1) is 18.4 Å². The molecule has 36 heavy (non-hydrogen) atoms. The third-order valence-electron chi connectivity index (χ3n) is 7.29. The zero-order valence-corrected chi connectivity index (χ0v) is 21.6. The van der Waals surface area contributed by atoms with Crippen molar-refractivity contribution in [2.24, 2.45) is 0 Å². The summed E-state index contributed by atoms with van der Waals surface area (Å²) in [4.78, 5) is 29.7. The van der Waals surface area contributed by atoms with Gasteiger partial charge in [-0.3, -0.25) is 9.69 Å². The predicted molar refractivity (Wildman–Crippen MR) is 140 cm³/mol. The average Bonchev–Trinajstić information content (AvgIpc) is 2.90. The Hall–Kier alpha value is -2.97. The lowest BCUT2D eigenvalue weighted by Crippen LogP contribution is -2.50. The van der Waals surface area contributed by atoms with Crippen LogP contribution in [0.3, 0.4) is 0 Å². The average molecular weight is 516 g/mol. The number of para-hydroxylation sites is 1. The molecule has 0 atom stereocenters. The third kappa shape index (κ3) is 5.11. The molecule has 9 heteroatoms. The molecule has 2 aromatic carbocycles. The first-order valence-corrected chi connectivity index (χ1v) is 12.4. The molecule has 0 unspecified atom stereocenters. The Morgan fingerprint density at radius 2 is 1.78 bits per heavy atom. The SMILES string of the molecule is COc1c(C(=O)N2CCC(N3C(=O)OCc4ccccc43)CC2)ccc(OC2CCNCC2)c1C.Cl. The van der Waals surface area contributed by atoms with E-state index in [9.17, 15) is 9.59 Å². The van der Waals surface area contributed by atoms with E-state index < -0.39 is 0 Å². The number of ether oxygens (including phenoxy) is 3. The predicted octanol–water partition coefficient (Wildman–Crippen LogP) is 4.32. The summed E-state index contributed by atoms with van der Waals surface area (Å²) in [6, 6.07) is 11.5. The highest BCUT2D eigenvalue weighted by molar-refractivity contribution is 5.98. The number of cyclic esters (lactones) is 1. The van der Waals surface area contributed by atoms with Gasteiger partial charge in [0.1, 0.15) is 24.2 Å². The van der Waals surface area contributed by atoms with Gasteiger partial charge in [0.2, 0.25) is 0 Å². The standard InChI is InChI=1S/C27H33N3O5.ClH/c1-18-24(35-21-9-13-28-14-10-21)8-7-22(25(18)33-2)26(31)29-15-11-20(12-16-29)30-23-6-4-3-5-19(23)17-34-27(30)32;/h3-8,20-21,28H,9-17H2,1-2H3;1H. The number of likely N-dealkylation sites (tertiary alicyclic amines) is 1. The van der Waals surface area contributed by atoms with Crippen LogP contribution in [0.15, 0.2) is 36.4 Å². The van der Waals surface area contributed by atoms with Crippen molar-refractivity contribution < 1.29 is 23.8 Å². The van der Waals surface area contributed by atoms with Crippen molar-refractivity contribution in [3.63, 3.8) is 0 Å². The van der Waals surface area contributed by atoms with E-state index in [2.05, 4.69) is 5.32 Å². The normalized spacial score (nSPS) is 18.7. The number of amides is 2. The van der Waals surface area contributed by atoms with Gasteiger partial charge in [0, 0.05) is 30.3 Å².